The van der Waals surface area contributed by atoms with Gasteiger partial charge in [-0.15, -0.1) is 0 Å². The van der Waals surface area contributed by atoms with Crippen LogP contribution in [0.4, 0.5) is 11.4 Å². The zero-order valence-electron chi connectivity index (χ0n) is 19.3. The van der Waals surface area contributed by atoms with Gasteiger partial charge in [-0.25, -0.2) is 0 Å². The van der Waals surface area contributed by atoms with Gasteiger partial charge in [-0.3, -0.25) is 10.4 Å². The van der Waals surface area contributed by atoms with Crippen molar-refractivity contribution in [3.05, 3.63) is 125 Å². The molecular formula is C29H25ClN4O. The Morgan fingerprint density at radius 2 is 1.63 bits per heavy atom. The third-order valence-corrected chi connectivity index (χ3v) is 6.18. The van der Waals surface area contributed by atoms with Gasteiger partial charge in [0.1, 0.15) is 5.75 Å². The van der Waals surface area contributed by atoms with Crippen molar-refractivity contribution in [2.45, 2.75) is 12.5 Å². The standard InChI is InChI=1S/C29H25ClN4O/c1-35-27-17-11-23(12-18-27)29-19-28(22-9-13-24(30)14-10-22)33-34(29)26-15-7-21(8-16-26)20-31-32-25-5-3-2-4-6-25/h2-18,20,29,32H,19H2,1H3/b31-20+. The maximum absolute atomic E-state index is 6.10. The second-order valence-corrected chi connectivity index (χ2v) is 8.66. The van der Waals surface area contributed by atoms with E-state index >= 15 is 0 Å². The van der Waals surface area contributed by atoms with E-state index in [0.29, 0.717) is 0 Å². The van der Waals surface area contributed by atoms with Gasteiger partial charge in [0.15, 0.2) is 0 Å². The Bertz CT molecular complexity index is 1320. The van der Waals surface area contributed by atoms with E-state index in [-0.39, 0.29) is 6.04 Å². The van der Waals surface area contributed by atoms with E-state index in [4.69, 9.17) is 21.4 Å². The lowest BCUT2D eigenvalue weighted by atomic mass is 9.98. The molecule has 0 saturated heterocycles. The third kappa shape index (κ3) is 5.36. The predicted octanol–water partition coefficient (Wildman–Crippen LogP) is 7.15. The predicted molar refractivity (Wildman–Crippen MR) is 145 cm³/mol. The highest BCUT2D eigenvalue weighted by Crippen LogP contribution is 2.37. The zero-order chi connectivity index (χ0) is 24.0. The van der Waals surface area contributed by atoms with Crippen LogP contribution in [0.2, 0.25) is 5.02 Å². The minimum Gasteiger partial charge on any atom is -0.497 e. The van der Waals surface area contributed by atoms with Crippen molar-refractivity contribution in [3.63, 3.8) is 0 Å². The number of halogens is 1. The van der Waals surface area contributed by atoms with E-state index < -0.39 is 0 Å². The van der Waals surface area contributed by atoms with Crippen molar-refractivity contribution in [1.29, 1.82) is 0 Å². The Morgan fingerprint density at radius 1 is 0.914 bits per heavy atom. The second-order valence-electron chi connectivity index (χ2n) is 8.22. The van der Waals surface area contributed by atoms with Crippen LogP contribution in [0.5, 0.6) is 5.75 Å². The van der Waals surface area contributed by atoms with E-state index in [9.17, 15) is 0 Å². The maximum Gasteiger partial charge on any atom is 0.118 e. The number of hydrogen-bond donors (Lipinski definition) is 1. The summed E-state index contributed by atoms with van der Waals surface area (Å²) in [6.45, 7) is 0. The first-order chi connectivity index (χ1) is 17.2. The lowest BCUT2D eigenvalue weighted by Gasteiger charge is -2.24. The number of hydrazone groups is 2. The summed E-state index contributed by atoms with van der Waals surface area (Å²) in [6, 6.07) is 34.3. The van der Waals surface area contributed by atoms with E-state index in [1.54, 1.807) is 7.11 Å². The highest BCUT2D eigenvalue weighted by atomic mass is 35.5. The molecule has 35 heavy (non-hydrogen) atoms. The Labute approximate surface area is 210 Å². The molecule has 6 heteroatoms. The Hall–Kier alpha value is -4.09. The minimum atomic E-state index is 0.0749. The van der Waals surface area contributed by atoms with Gasteiger partial charge in [-0.1, -0.05) is 66.2 Å². The molecule has 4 aromatic carbocycles. The van der Waals surface area contributed by atoms with Gasteiger partial charge < -0.3 is 4.74 Å². The topological polar surface area (TPSA) is 49.2 Å². The molecule has 0 bridgehead atoms. The smallest absolute Gasteiger partial charge is 0.118 e. The fraction of sp³-hybridized carbons (Fsp3) is 0.103. The molecule has 0 aliphatic carbocycles. The van der Waals surface area contributed by atoms with Crippen molar-refractivity contribution in [3.8, 4) is 5.75 Å². The molecular weight excluding hydrogens is 456 g/mol. The first kappa shape index (κ1) is 22.7. The number of rotatable bonds is 7. The van der Waals surface area contributed by atoms with Crippen molar-refractivity contribution in [1.82, 2.24) is 0 Å². The second kappa shape index (κ2) is 10.5. The summed E-state index contributed by atoms with van der Waals surface area (Å²) in [4.78, 5) is 0. The molecule has 5 rings (SSSR count). The summed E-state index contributed by atoms with van der Waals surface area (Å²) in [6.07, 6.45) is 2.60. The van der Waals surface area contributed by atoms with Gasteiger partial charge in [-0.05, 0) is 65.2 Å². The van der Waals surface area contributed by atoms with Crippen molar-refractivity contribution < 1.29 is 4.74 Å². The number of nitrogens with one attached hydrogen (secondary N) is 1. The molecule has 4 aromatic rings. The summed E-state index contributed by atoms with van der Waals surface area (Å²) in [5.74, 6) is 0.838. The molecule has 1 N–H and O–H groups in total. The van der Waals surface area contributed by atoms with Gasteiger partial charge in [0.05, 0.1) is 36.5 Å². The van der Waals surface area contributed by atoms with Gasteiger partial charge in [0, 0.05) is 11.4 Å². The van der Waals surface area contributed by atoms with E-state index in [1.807, 2.05) is 85.1 Å². The molecule has 0 fully saturated rings. The Balaban J connectivity index is 1.39. The Morgan fingerprint density at radius 3 is 2.31 bits per heavy atom. The molecule has 0 amide bonds. The van der Waals surface area contributed by atoms with Gasteiger partial charge in [-0.2, -0.15) is 10.2 Å². The summed E-state index contributed by atoms with van der Waals surface area (Å²) in [5, 5.41) is 12.2. The monoisotopic (exact) mass is 480 g/mol. The SMILES string of the molecule is COc1ccc(C2CC(c3ccc(Cl)cc3)=NN2c2ccc(/C=N/Nc3ccccc3)cc2)cc1. The lowest BCUT2D eigenvalue weighted by molar-refractivity contribution is 0.414. The molecule has 0 spiro atoms. The van der Waals surface area contributed by atoms with Crippen LogP contribution in [0.15, 0.2) is 113 Å². The molecule has 1 aliphatic rings. The highest BCUT2D eigenvalue weighted by Gasteiger charge is 2.30. The lowest BCUT2D eigenvalue weighted by Crippen LogP contribution is -2.18. The largest absolute Gasteiger partial charge is 0.497 e. The van der Waals surface area contributed by atoms with E-state index in [2.05, 4.69) is 39.8 Å². The number of benzene rings is 4. The van der Waals surface area contributed by atoms with Crippen LogP contribution >= 0.6 is 11.6 Å². The number of anilines is 2. The zero-order valence-corrected chi connectivity index (χ0v) is 20.1. The first-order valence-corrected chi connectivity index (χ1v) is 11.8. The summed E-state index contributed by atoms with van der Waals surface area (Å²) >= 11 is 6.10. The molecule has 0 radical (unpaired) electrons. The van der Waals surface area contributed by atoms with Crippen molar-refractivity contribution in [2.75, 3.05) is 17.5 Å². The van der Waals surface area contributed by atoms with Crippen LogP contribution in [-0.4, -0.2) is 19.0 Å². The van der Waals surface area contributed by atoms with Crippen LogP contribution in [0, 0.1) is 0 Å². The molecule has 0 aromatic heterocycles. The molecule has 0 saturated carbocycles. The summed E-state index contributed by atoms with van der Waals surface area (Å²) in [5.41, 5.74) is 9.29. The summed E-state index contributed by atoms with van der Waals surface area (Å²) in [7, 11) is 1.68. The number of hydrogen-bond acceptors (Lipinski definition) is 5. The molecule has 5 nitrogen and oxygen atoms in total. The Kier molecular flexibility index (Phi) is 6.77. The average Bonchev–Trinajstić information content (AvgIpc) is 3.36. The molecule has 1 atom stereocenters. The fourth-order valence-electron chi connectivity index (χ4n) is 4.06. The molecule has 174 valence electrons. The first-order valence-electron chi connectivity index (χ1n) is 11.4. The van der Waals surface area contributed by atoms with Crippen LogP contribution in [0.25, 0.3) is 0 Å². The average molecular weight is 481 g/mol. The van der Waals surface area contributed by atoms with Crippen molar-refractivity contribution >= 4 is 34.9 Å². The molecule has 1 aliphatic heterocycles. The number of nitrogens with zero attached hydrogens (tertiary/aromatic N) is 3. The maximum atomic E-state index is 6.10. The third-order valence-electron chi connectivity index (χ3n) is 5.93. The van der Waals surface area contributed by atoms with Crippen LogP contribution < -0.4 is 15.2 Å². The van der Waals surface area contributed by atoms with E-state index in [1.165, 1.54) is 5.56 Å². The number of ether oxygens (including phenoxy) is 1. The van der Waals surface area contributed by atoms with Crippen LogP contribution in [0.1, 0.15) is 29.2 Å². The van der Waals surface area contributed by atoms with Crippen LogP contribution in [0.3, 0.4) is 0 Å². The minimum absolute atomic E-state index is 0.0749. The molecule has 1 unspecified atom stereocenters. The van der Waals surface area contributed by atoms with Gasteiger partial charge in [0.2, 0.25) is 0 Å². The highest BCUT2D eigenvalue weighted by molar-refractivity contribution is 6.30. The quantitative estimate of drug-likeness (QED) is 0.226. The number of para-hydroxylation sites is 1. The van der Waals surface area contributed by atoms with Crippen molar-refractivity contribution in [2.24, 2.45) is 10.2 Å². The van der Waals surface area contributed by atoms with Crippen LogP contribution in [-0.2, 0) is 0 Å². The van der Waals surface area contributed by atoms with E-state index in [0.717, 1.165) is 45.4 Å². The number of methoxy groups -OCH3 is 1. The normalized spacial score (nSPS) is 15.3. The van der Waals surface area contributed by atoms with Gasteiger partial charge in [0.25, 0.3) is 0 Å². The fourth-order valence-corrected chi connectivity index (χ4v) is 4.18. The summed E-state index contributed by atoms with van der Waals surface area (Å²) < 4.78 is 5.35. The van der Waals surface area contributed by atoms with Gasteiger partial charge >= 0.3 is 0 Å². The molecule has 1 heterocycles.